The number of hydrogen-bond donors (Lipinski definition) is 4. The van der Waals surface area contributed by atoms with Crippen molar-refractivity contribution < 1.29 is 43.6 Å². The number of fused-ring (bicyclic) bond motifs is 1. The molecule has 0 spiro atoms. The molecule has 2 aromatic heterocycles. The first-order valence-corrected chi connectivity index (χ1v) is 12.1. The molecule has 2 fully saturated rings. The summed E-state index contributed by atoms with van der Waals surface area (Å²) < 4.78 is 88.7. The van der Waals surface area contributed by atoms with E-state index in [1.54, 1.807) is 0 Å². The fourth-order valence-corrected chi connectivity index (χ4v) is 4.99. The molecule has 0 bridgehead atoms. The van der Waals surface area contributed by atoms with Crippen LogP contribution >= 0.6 is 11.8 Å². The minimum absolute atomic E-state index is 0.0191. The van der Waals surface area contributed by atoms with Crippen molar-refractivity contribution in [2.45, 2.75) is 67.5 Å². The summed E-state index contributed by atoms with van der Waals surface area (Å²) in [5.74, 6) is -2.92. The number of aliphatic hydroxyl groups is 3. The highest BCUT2D eigenvalue weighted by molar-refractivity contribution is 7.99. The van der Waals surface area contributed by atoms with Gasteiger partial charge in [0.05, 0.1) is 31.4 Å². The number of ether oxygens (including phenoxy) is 1. The first-order chi connectivity index (χ1) is 20.5. The number of thioether (sulfide) groups is 1. The zero-order valence-corrected chi connectivity index (χ0v) is 19.9. The molecule has 2 saturated carbocycles. The summed E-state index contributed by atoms with van der Waals surface area (Å²) in [7, 11) is 0. The van der Waals surface area contributed by atoms with Gasteiger partial charge in [0.1, 0.15) is 12.2 Å². The van der Waals surface area contributed by atoms with Crippen LogP contribution in [0.25, 0.3) is 11.2 Å². The summed E-state index contributed by atoms with van der Waals surface area (Å²) in [6, 6.07) is 1.56. The zero-order valence-electron chi connectivity index (χ0n) is 26.1. The Hall–Kier alpha value is -2.49. The van der Waals surface area contributed by atoms with Crippen LogP contribution in [0.15, 0.2) is 23.4 Å². The molecule has 2 heterocycles. The molecule has 3 aromatic rings. The maximum atomic E-state index is 13.9. The van der Waals surface area contributed by atoms with E-state index in [1.165, 1.54) is 6.07 Å². The van der Waals surface area contributed by atoms with Gasteiger partial charge in [-0.05, 0) is 30.5 Å². The van der Waals surface area contributed by atoms with Gasteiger partial charge in [0, 0.05) is 27.6 Å². The average molecular weight is 546 g/mol. The van der Waals surface area contributed by atoms with E-state index in [2.05, 4.69) is 20.3 Å². The van der Waals surface area contributed by atoms with Gasteiger partial charge in [-0.15, -0.1) is 5.10 Å². The molecular weight excluding hydrogens is 510 g/mol. The lowest BCUT2D eigenvalue weighted by atomic mass is 10.1. The van der Waals surface area contributed by atoms with Crippen molar-refractivity contribution in [3.63, 3.8) is 0 Å². The number of halogens is 2. The van der Waals surface area contributed by atoms with Crippen LogP contribution in [0.5, 0.6) is 0 Å². The van der Waals surface area contributed by atoms with Crippen molar-refractivity contribution in [3.8, 4) is 0 Å². The van der Waals surface area contributed by atoms with E-state index in [-0.39, 0.29) is 54.8 Å². The Morgan fingerprint density at radius 1 is 1.24 bits per heavy atom. The summed E-state index contributed by atoms with van der Waals surface area (Å²) in [5.41, 5.74) is -3.06. The van der Waals surface area contributed by atoms with E-state index < -0.39 is 72.0 Å². The quantitative estimate of drug-likeness (QED) is 0.168. The first kappa shape index (κ1) is 18.7. The van der Waals surface area contributed by atoms with Crippen molar-refractivity contribution in [2.75, 3.05) is 24.0 Å². The number of hydrogen-bond acceptors (Lipinski definition) is 11. The fourth-order valence-electron chi connectivity index (χ4n) is 4.59. The van der Waals surface area contributed by atoms with Gasteiger partial charge in [-0.2, -0.15) is 0 Å². The van der Waals surface area contributed by atoms with Crippen LogP contribution in [0.4, 0.5) is 14.6 Å². The first-order valence-electron chi connectivity index (χ1n) is 14.8. The highest BCUT2D eigenvalue weighted by Crippen LogP contribution is 2.46. The number of hydroxylamine groups is 1. The molecule has 0 radical (unpaired) electrons. The summed E-state index contributed by atoms with van der Waals surface area (Å²) in [6.07, 6.45) is -6.88. The molecule has 37 heavy (non-hydrogen) atoms. The monoisotopic (exact) mass is 545 g/mol. The Morgan fingerprint density at radius 2 is 2.08 bits per heavy atom. The van der Waals surface area contributed by atoms with E-state index in [4.69, 9.17) is 19.4 Å². The van der Waals surface area contributed by atoms with Gasteiger partial charge in [0.15, 0.2) is 33.8 Å². The minimum atomic E-state index is -3.38. The number of rotatable bonds is 10. The molecule has 14 heteroatoms. The molecule has 0 saturated heterocycles. The Balaban J connectivity index is 1.55. The van der Waals surface area contributed by atoms with Crippen molar-refractivity contribution in [1.29, 1.82) is 0 Å². The highest BCUT2D eigenvalue weighted by Gasteiger charge is 2.47. The smallest absolute Gasteiger partial charge is 0.191 e. The molecule has 11 nitrogen and oxygen atoms in total. The lowest BCUT2D eigenvalue weighted by Crippen LogP contribution is -2.33. The maximum Gasteiger partial charge on any atom is 0.191 e. The predicted octanol–water partition coefficient (Wildman–Crippen LogP) is 1.80. The van der Waals surface area contributed by atoms with Crippen molar-refractivity contribution >= 4 is 28.7 Å². The second-order valence-corrected chi connectivity index (χ2v) is 9.48. The van der Waals surface area contributed by atoms with Crippen LogP contribution in [-0.2, 0) is 4.74 Å². The standard InChI is InChI=1S/C23H28F2N6O5S/c1-2-7-37-23-26-21-18(28-29-30(21)16-10-17(36-6-5-32)20(34)19(16)33)22(27-23)31(35)15-9-12(15)11-3-4-13(24)14(25)8-11/h3-4,8,12,15-17,19-20,32-35H,2,5-7,9-10H2,1H3/t12-,15+,16+,17-,19-,20+/m0/s1/i1D3,2D2,7D2. The molecule has 5 rings (SSSR count). The Labute approximate surface area is 224 Å². The average Bonchev–Trinajstić information content (AvgIpc) is 3.56. The van der Waals surface area contributed by atoms with Gasteiger partial charge in [0.2, 0.25) is 0 Å². The molecule has 200 valence electrons. The van der Waals surface area contributed by atoms with Gasteiger partial charge in [0.25, 0.3) is 0 Å². The van der Waals surface area contributed by atoms with E-state index in [0.29, 0.717) is 10.6 Å². The summed E-state index contributed by atoms with van der Waals surface area (Å²) >= 11 is 0.0404. The van der Waals surface area contributed by atoms with Gasteiger partial charge >= 0.3 is 0 Å². The molecule has 2 aliphatic carbocycles. The molecular formula is C23H28F2N6O5S. The minimum Gasteiger partial charge on any atom is -0.394 e. The summed E-state index contributed by atoms with van der Waals surface area (Å²) in [5, 5.41) is 49.8. The van der Waals surface area contributed by atoms with Crippen LogP contribution in [0.1, 0.15) is 53.2 Å². The van der Waals surface area contributed by atoms with E-state index >= 15 is 0 Å². The topological polar surface area (TPSA) is 150 Å². The number of aromatic nitrogens is 5. The van der Waals surface area contributed by atoms with Crippen molar-refractivity contribution in [3.05, 3.63) is 35.4 Å². The third-order valence-electron chi connectivity index (χ3n) is 6.47. The molecule has 4 N–H and O–H groups in total. The largest absolute Gasteiger partial charge is 0.394 e. The van der Waals surface area contributed by atoms with Crippen LogP contribution in [0.2, 0.25) is 0 Å². The third-order valence-corrected chi connectivity index (χ3v) is 7.04. The Morgan fingerprint density at radius 3 is 2.84 bits per heavy atom. The number of anilines is 1. The molecule has 2 aliphatic rings. The van der Waals surface area contributed by atoms with Gasteiger partial charge in [-0.3, -0.25) is 5.21 Å². The third kappa shape index (κ3) is 5.01. The van der Waals surface area contributed by atoms with Crippen molar-refractivity contribution in [1.82, 2.24) is 25.0 Å². The van der Waals surface area contributed by atoms with E-state index in [0.717, 1.165) is 16.8 Å². The second-order valence-electron chi connectivity index (χ2n) is 8.71. The maximum absolute atomic E-state index is 13.9. The van der Waals surface area contributed by atoms with Crippen LogP contribution in [-0.4, -0.2) is 88.8 Å². The number of benzene rings is 1. The predicted molar refractivity (Wildman–Crippen MR) is 128 cm³/mol. The second kappa shape index (κ2) is 10.7. The van der Waals surface area contributed by atoms with Gasteiger partial charge in [-0.1, -0.05) is 29.9 Å². The van der Waals surface area contributed by atoms with E-state index in [1.807, 2.05) is 0 Å². The Kier molecular flexibility index (Phi) is 5.42. The van der Waals surface area contributed by atoms with Crippen LogP contribution < -0.4 is 5.06 Å². The molecule has 6 atom stereocenters. The fraction of sp³-hybridized carbons (Fsp3) is 0.565. The van der Waals surface area contributed by atoms with Gasteiger partial charge in [-0.25, -0.2) is 28.5 Å². The molecule has 1 aromatic carbocycles. The SMILES string of the molecule is [2H]C([2H])([2H])C([2H])([2H])C([2H])([2H])Sc1nc(N(O)[C@@H]2C[C@H]2c2ccc(F)c(F)c2)c2nnn([C@@H]3C[C@H](OCCO)[C@@H](O)[C@H]3O)c2n1. The summed E-state index contributed by atoms with van der Waals surface area (Å²) in [4.78, 5) is 8.38. The number of nitrogens with zero attached hydrogens (tertiary/aromatic N) is 6. The molecule has 0 amide bonds. The summed E-state index contributed by atoms with van der Waals surface area (Å²) in [6.45, 7) is -3.83. The lowest BCUT2D eigenvalue weighted by Gasteiger charge is -2.18. The highest BCUT2D eigenvalue weighted by atomic mass is 32.2. The zero-order chi connectivity index (χ0) is 32.4. The van der Waals surface area contributed by atoms with Crippen LogP contribution in [0, 0.1) is 11.6 Å². The van der Waals surface area contributed by atoms with E-state index in [9.17, 15) is 24.2 Å². The normalized spacial score (nSPS) is 31.1. The molecule has 0 aliphatic heterocycles. The van der Waals surface area contributed by atoms with Crippen molar-refractivity contribution in [2.24, 2.45) is 0 Å². The van der Waals surface area contributed by atoms with Gasteiger partial charge < -0.3 is 20.1 Å². The Bertz CT molecular complexity index is 1540. The lowest BCUT2D eigenvalue weighted by molar-refractivity contribution is -0.0629. The molecule has 0 unspecified atom stereocenters. The van der Waals surface area contributed by atoms with Crippen LogP contribution in [0.3, 0.4) is 0 Å². The number of aliphatic hydroxyl groups excluding tert-OH is 3.